The van der Waals surface area contributed by atoms with Crippen molar-refractivity contribution in [2.45, 2.75) is 31.8 Å². The minimum atomic E-state index is -0.357. The lowest BCUT2D eigenvalue weighted by Gasteiger charge is -2.49. The number of fused-ring (bicyclic) bond motifs is 3. The summed E-state index contributed by atoms with van der Waals surface area (Å²) in [5.41, 5.74) is 1.39. The Morgan fingerprint density at radius 2 is 2.12 bits per heavy atom. The Labute approximate surface area is 140 Å². The summed E-state index contributed by atoms with van der Waals surface area (Å²) in [5.74, 6) is 0.0696. The van der Waals surface area contributed by atoms with Crippen LogP contribution in [0.25, 0.3) is 11.3 Å². The van der Waals surface area contributed by atoms with Gasteiger partial charge in [-0.05, 0) is 57.0 Å². The number of nitrogens with zero attached hydrogens (tertiary/aromatic N) is 2. The fraction of sp³-hybridized carbons (Fsp3) is 0.444. The highest BCUT2D eigenvalue weighted by atomic mass is 19.1. The second-order valence-corrected chi connectivity index (χ2v) is 6.75. The summed E-state index contributed by atoms with van der Waals surface area (Å²) in [5, 5.41) is 3.17. The van der Waals surface area contributed by atoms with E-state index < -0.39 is 0 Å². The van der Waals surface area contributed by atoms with E-state index in [1.807, 2.05) is 0 Å². The maximum atomic E-state index is 13.8. The highest BCUT2D eigenvalue weighted by molar-refractivity contribution is 5.93. The molecule has 6 heteroatoms. The van der Waals surface area contributed by atoms with E-state index in [2.05, 4.69) is 27.1 Å². The summed E-state index contributed by atoms with van der Waals surface area (Å²) in [7, 11) is 0. The molecule has 3 aliphatic rings. The zero-order valence-corrected chi connectivity index (χ0v) is 13.6. The standard InChI is InChI=1S/C18H21FN4O/c1-11-17(12-5-8-23(11)9-6-12)22-18(24)16-3-2-15(21-16)13-10-20-7-4-14(13)19/h2-4,7,10-12,17,21H,5-6,8-9H2,1H3,(H,22,24)/t11-,17-/m0/s1. The van der Waals surface area contributed by atoms with Gasteiger partial charge in [0.2, 0.25) is 0 Å². The third kappa shape index (κ3) is 2.60. The smallest absolute Gasteiger partial charge is 0.267 e. The molecule has 24 heavy (non-hydrogen) atoms. The quantitative estimate of drug-likeness (QED) is 0.910. The molecule has 5 nitrogen and oxygen atoms in total. The molecule has 0 saturated carbocycles. The van der Waals surface area contributed by atoms with E-state index in [1.54, 1.807) is 12.1 Å². The first-order chi connectivity index (χ1) is 11.6. The molecule has 5 heterocycles. The van der Waals surface area contributed by atoms with E-state index in [0.717, 1.165) is 25.9 Å². The van der Waals surface area contributed by atoms with Gasteiger partial charge in [-0.15, -0.1) is 0 Å². The zero-order chi connectivity index (χ0) is 16.7. The summed E-state index contributed by atoms with van der Waals surface area (Å²) >= 11 is 0. The maximum Gasteiger partial charge on any atom is 0.267 e. The minimum Gasteiger partial charge on any atom is -0.350 e. The monoisotopic (exact) mass is 328 g/mol. The van der Waals surface area contributed by atoms with Gasteiger partial charge in [0.25, 0.3) is 5.91 Å². The van der Waals surface area contributed by atoms with Gasteiger partial charge in [0, 0.05) is 24.5 Å². The largest absolute Gasteiger partial charge is 0.350 e. The van der Waals surface area contributed by atoms with Crippen molar-refractivity contribution in [3.8, 4) is 11.3 Å². The van der Waals surface area contributed by atoms with Crippen molar-refractivity contribution >= 4 is 5.91 Å². The average molecular weight is 328 g/mol. The second-order valence-electron chi connectivity index (χ2n) is 6.75. The molecule has 126 valence electrons. The van der Waals surface area contributed by atoms with Crippen LogP contribution in [0.1, 0.15) is 30.3 Å². The molecule has 3 saturated heterocycles. The normalized spacial score (nSPS) is 28.8. The second kappa shape index (κ2) is 6.02. The third-order valence-corrected chi connectivity index (χ3v) is 5.46. The fourth-order valence-corrected chi connectivity index (χ4v) is 4.03. The summed E-state index contributed by atoms with van der Waals surface area (Å²) < 4.78 is 13.8. The number of halogens is 1. The number of H-pyrrole nitrogens is 1. The van der Waals surface area contributed by atoms with Gasteiger partial charge in [-0.2, -0.15) is 0 Å². The molecule has 5 rings (SSSR count). The van der Waals surface area contributed by atoms with Crippen molar-refractivity contribution in [3.63, 3.8) is 0 Å². The number of pyridine rings is 1. The maximum absolute atomic E-state index is 13.8. The molecule has 0 unspecified atom stereocenters. The van der Waals surface area contributed by atoms with E-state index in [4.69, 9.17) is 0 Å². The lowest BCUT2D eigenvalue weighted by Crippen LogP contribution is -2.62. The molecule has 3 fully saturated rings. The first-order valence-electron chi connectivity index (χ1n) is 8.47. The van der Waals surface area contributed by atoms with Gasteiger partial charge < -0.3 is 10.3 Å². The Morgan fingerprint density at radius 1 is 1.33 bits per heavy atom. The predicted molar refractivity (Wildman–Crippen MR) is 89.0 cm³/mol. The molecule has 2 N–H and O–H groups in total. The Morgan fingerprint density at radius 3 is 2.83 bits per heavy atom. The van der Waals surface area contributed by atoms with E-state index in [1.165, 1.54) is 18.5 Å². The molecule has 0 spiro atoms. The van der Waals surface area contributed by atoms with Crippen LogP contribution in [0.4, 0.5) is 4.39 Å². The number of aromatic nitrogens is 2. The van der Waals surface area contributed by atoms with E-state index in [9.17, 15) is 9.18 Å². The molecule has 3 aliphatic heterocycles. The lowest BCUT2D eigenvalue weighted by atomic mass is 9.79. The predicted octanol–water partition coefficient (Wildman–Crippen LogP) is 2.43. The van der Waals surface area contributed by atoms with Crippen LogP contribution in [0.2, 0.25) is 0 Å². The first kappa shape index (κ1) is 15.3. The van der Waals surface area contributed by atoms with Crippen LogP contribution in [-0.2, 0) is 0 Å². The minimum absolute atomic E-state index is 0.129. The summed E-state index contributed by atoms with van der Waals surface area (Å²) in [6.07, 6.45) is 5.15. The lowest BCUT2D eigenvalue weighted by molar-refractivity contribution is 0.0216. The van der Waals surface area contributed by atoms with Crippen LogP contribution in [0.15, 0.2) is 30.6 Å². The number of hydrogen-bond donors (Lipinski definition) is 2. The number of carbonyl (C=O) groups is 1. The van der Waals surface area contributed by atoms with Gasteiger partial charge in [0.1, 0.15) is 11.5 Å². The Hall–Kier alpha value is -2.21. The SMILES string of the molecule is C[C@H]1[C@H](NC(=O)c2ccc(-c3cnccc3F)[nH]2)C2CCN1CC2. The van der Waals surface area contributed by atoms with Crippen molar-refractivity contribution < 1.29 is 9.18 Å². The van der Waals surface area contributed by atoms with Gasteiger partial charge in [-0.25, -0.2) is 4.39 Å². The van der Waals surface area contributed by atoms with Gasteiger partial charge in [-0.1, -0.05) is 0 Å². The summed E-state index contributed by atoms with van der Waals surface area (Å²) in [6, 6.07) is 5.27. The third-order valence-electron chi connectivity index (χ3n) is 5.46. The molecule has 2 atom stereocenters. The number of carbonyl (C=O) groups excluding carboxylic acids is 1. The average Bonchev–Trinajstić information content (AvgIpc) is 3.09. The highest BCUT2D eigenvalue weighted by Crippen LogP contribution is 2.32. The molecule has 2 aromatic heterocycles. The Kier molecular flexibility index (Phi) is 3.84. The van der Waals surface area contributed by atoms with Crippen LogP contribution in [0.3, 0.4) is 0 Å². The molecule has 0 radical (unpaired) electrons. The van der Waals surface area contributed by atoms with E-state index in [-0.39, 0.29) is 17.8 Å². The molecular weight excluding hydrogens is 307 g/mol. The zero-order valence-electron chi connectivity index (χ0n) is 13.6. The summed E-state index contributed by atoms with van der Waals surface area (Å²) in [6.45, 7) is 4.44. The first-order valence-corrected chi connectivity index (χ1v) is 8.47. The van der Waals surface area contributed by atoms with Gasteiger partial charge in [-0.3, -0.25) is 14.7 Å². The highest BCUT2D eigenvalue weighted by Gasteiger charge is 2.40. The van der Waals surface area contributed by atoms with Crippen molar-refractivity contribution in [1.82, 2.24) is 20.2 Å². The van der Waals surface area contributed by atoms with Crippen molar-refractivity contribution in [1.29, 1.82) is 0 Å². The molecular formula is C18H21FN4O. The fourth-order valence-electron chi connectivity index (χ4n) is 4.03. The summed E-state index contributed by atoms with van der Waals surface area (Å²) in [4.78, 5) is 22.0. The van der Waals surface area contributed by atoms with Gasteiger partial charge >= 0.3 is 0 Å². The number of piperidine rings is 3. The van der Waals surface area contributed by atoms with Crippen LogP contribution in [0.5, 0.6) is 0 Å². The van der Waals surface area contributed by atoms with E-state index >= 15 is 0 Å². The number of aromatic amines is 1. The molecule has 1 amide bonds. The van der Waals surface area contributed by atoms with E-state index in [0.29, 0.717) is 28.9 Å². The van der Waals surface area contributed by atoms with Gasteiger partial charge in [0.15, 0.2) is 0 Å². The molecule has 0 aliphatic carbocycles. The van der Waals surface area contributed by atoms with Crippen molar-refractivity contribution in [2.24, 2.45) is 5.92 Å². The number of nitrogens with one attached hydrogen (secondary N) is 2. The van der Waals surface area contributed by atoms with Crippen LogP contribution >= 0.6 is 0 Å². The Balaban J connectivity index is 1.51. The van der Waals surface area contributed by atoms with Crippen LogP contribution in [-0.4, -0.2) is 45.9 Å². The van der Waals surface area contributed by atoms with Crippen LogP contribution < -0.4 is 5.32 Å². The number of amides is 1. The Bertz CT molecular complexity index is 749. The topological polar surface area (TPSA) is 61.0 Å². The molecule has 0 aromatic carbocycles. The van der Waals surface area contributed by atoms with Crippen molar-refractivity contribution in [3.05, 3.63) is 42.1 Å². The molecule has 2 bridgehead atoms. The number of hydrogen-bond acceptors (Lipinski definition) is 3. The van der Waals surface area contributed by atoms with Gasteiger partial charge in [0.05, 0.1) is 11.3 Å². The van der Waals surface area contributed by atoms with Crippen LogP contribution in [0, 0.1) is 11.7 Å². The van der Waals surface area contributed by atoms with Crippen molar-refractivity contribution in [2.75, 3.05) is 13.1 Å². The number of rotatable bonds is 3. The molecule has 2 aromatic rings.